The summed E-state index contributed by atoms with van der Waals surface area (Å²) in [6.07, 6.45) is 1.42. The Hall–Kier alpha value is -2.96. The van der Waals surface area contributed by atoms with Crippen LogP contribution in [0.1, 0.15) is 20.9 Å². The van der Waals surface area contributed by atoms with Crippen molar-refractivity contribution < 1.29 is 23.5 Å². The lowest BCUT2D eigenvalue weighted by Crippen LogP contribution is -2.34. The van der Waals surface area contributed by atoms with Gasteiger partial charge in [0.05, 0.1) is 26.0 Å². The van der Waals surface area contributed by atoms with E-state index in [-0.39, 0.29) is 30.7 Å². The van der Waals surface area contributed by atoms with E-state index in [0.717, 1.165) is 0 Å². The van der Waals surface area contributed by atoms with Gasteiger partial charge in [-0.2, -0.15) is 0 Å². The third-order valence-electron chi connectivity index (χ3n) is 3.09. The first-order valence-corrected chi connectivity index (χ1v) is 6.97. The van der Waals surface area contributed by atoms with E-state index in [0.29, 0.717) is 17.1 Å². The van der Waals surface area contributed by atoms with Crippen molar-refractivity contribution >= 4 is 11.8 Å². The number of hydrogen-bond acceptors (Lipinski definition) is 5. The van der Waals surface area contributed by atoms with Gasteiger partial charge in [-0.05, 0) is 30.3 Å². The highest BCUT2D eigenvalue weighted by Gasteiger charge is 2.13. The Morgan fingerprint density at radius 3 is 2.39 bits per heavy atom. The van der Waals surface area contributed by atoms with Crippen molar-refractivity contribution in [1.29, 1.82) is 0 Å². The van der Waals surface area contributed by atoms with Gasteiger partial charge >= 0.3 is 0 Å². The van der Waals surface area contributed by atoms with Crippen LogP contribution in [-0.2, 0) is 0 Å². The fraction of sp³-hybridized carbons (Fsp3) is 0.250. The second-order valence-corrected chi connectivity index (χ2v) is 4.56. The minimum atomic E-state index is -0.330. The normalized spacial score (nSPS) is 10.0. The highest BCUT2D eigenvalue weighted by molar-refractivity contribution is 5.97. The van der Waals surface area contributed by atoms with Crippen molar-refractivity contribution in [2.75, 3.05) is 27.3 Å². The first-order chi connectivity index (χ1) is 11.2. The standard InChI is InChI=1S/C16H18N2O5/c1-21-11-5-6-13(22-2)12(10-11)15(19)17-7-8-18-16(20)14-4-3-9-23-14/h3-6,9-10H,7-8H2,1-2H3,(H,17,19)(H,18,20). The van der Waals surface area contributed by atoms with E-state index in [9.17, 15) is 9.59 Å². The number of hydrogen-bond donors (Lipinski definition) is 2. The smallest absolute Gasteiger partial charge is 0.287 e. The Labute approximate surface area is 133 Å². The van der Waals surface area contributed by atoms with Gasteiger partial charge in [0.15, 0.2) is 5.76 Å². The van der Waals surface area contributed by atoms with Crippen LogP contribution in [0.15, 0.2) is 41.0 Å². The number of nitrogens with one attached hydrogen (secondary N) is 2. The number of ether oxygens (including phenoxy) is 2. The van der Waals surface area contributed by atoms with Gasteiger partial charge in [-0.3, -0.25) is 9.59 Å². The van der Waals surface area contributed by atoms with Gasteiger partial charge in [-0.1, -0.05) is 0 Å². The van der Waals surface area contributed by atoms with Crippen LogP contribution in [0.3, 0.4) is 0 Å². The number of carbonyl (C=O) groups is 2. The van der Waals surface area contributed by atoms with Crippen molar-refractivity contribution in [1.82, 2.24) is 10.6 Å². The Balaban J connectivity index is 1.86. The quantitative estimate of drug-likeness (QED) is 0.754. The molecule has 0 saturated carbocycles. The fourth-order valence-electron chi connectivity index (χ4n) is 1.93. The topological polar surface area (TPSA) is 89.8 Å². The van der Waals surface area contributed by atoms with E-state index in [4.69, 9.17) is 13.9 Å². The zero-order valence-electron chi connectivity index (χ0n) is 12.9. The molecule has 0 bridgehead atoms. The molecule has 0 aliphatic heterocycles. The van der Waals surface area contributed by atoms with E-state index in [1.165, 1.54) is 20.5 Å². The monoisotopic (exact) mass is 318 g/mol. The summed E-state index contributed by atoms with van der Waals surface area (Å²) in [5.41, 5.74) is 0.365. The average molecular weight is 318 g/mol. The van der Waals surface area contributed by atoms with Gasteiger partial charge in [0.25, 0.3) is 11.8 Å². The molecule has 0 saturated heterocycles. The number of rotatable bonds is 7. The van der Waals surface area contributed by atoms with Gasteiger partial charge in [-0.15, -0.1) is 0 Å². The van der Waals surface area contributed by atoms with Crippen molar-refractivity contribution in [2.45, 2.75) is 0 Å². The molecule has 2 N–H and O–H groups in total. The lowest BCUT2D eigenvalue weighted by molar-refractivity contribution is 0.0909. The van der Waals surface area contributed by atoms with Crippen molar-refractivity contribution in [3.05, 3.63) is 47.9 Å². The van der Waals surface area contributed by atoms with Crippen LogP contribution in [0.4, 0.5) is 0 Å². The minimum absolute atomic E-state index is 0.228. The zero-order valence-corrected chi connectivity index (χ0v) is 12.9. The van der Waals surface area contributed by atoms with Crippen molar-refractivity contribution in [2.24, 2.45) is 0 Å². The Morgan fingerprint density at radius 1 is 1.04 bits per heavy atom. The maximum absolute atomic E-state index is 12.2. The van der Waals surface area contributed by atoms with Gasteiger partial charge in [-0.25, -0.2) is 0 Å². The molecule has 0 aliphatic carbocycles. The predicted molar refractivity (Wildman–Crippen MR) is 82.9 cm³/mol. The Kier molecular flexibility index (Phi) is 5.62. The van der Waals surface area contributed by atoms with E-state index in [1.807, 2.05) is 0 Å². The van der Waals surface area contributed by atoms with Crippen molar-refractivity contribution in [3.63, 3.8) is 0 Å². The van der Waals surface area contributed by atoms with Crippen LogP contribution < -0.4 is 20.1 Å². The molecule has 0 spiro atoms. The number of carbonyl (C=O) groups excluding carboxylic acids is 2. The molecule has 2 rings (SSSR count). The summed E-state index contributed by atoms with van der Waals surface area (Å²) in [6.45, 7) is 0.545. The number of benzene rings is 1. The molecule has 0 radical (unpaired) electrons. The van der Waals surface area contributed by atoms with Gasteiger partial charge in [0.1, 0.15) is 11.5 Å². The third kappa shape index (κ3) is 4.26. The van der Waals surface area contributed by atoms with E-state index < -0.39 is 0 Å². The first kappa shape index (κ1) is 16.4. The summed E-state index contributed by atoms with van der Waals surface area (Å²) in [5, 5.41) is 5.35. The molecule has 0 unspecified atom stereocenters. The van der Waals surface area contributed by atoms with Crippen LogP contribution in [0, 0.1) is 0 Å². The molecule has 0 atom stereocenters. The number of methoxy groups -OCH3 is 2. The molecule has 122 valence electrons. The predicted octanol–water partition coefficient (Wildman–Crippen LogP) is 1.46. The van der Waals surface area contributed by atoms with Crippen LogP contribution in [0.5, 0.6) is 11.5 Å². The summed E-state index contributed by atoms with van der Waals surface area (Å²) in [6, 6.07) is 8.15. The second kappa shape index (κ2) is 7.88. The summed E-state index contributed by atoms with van der Waals surface area (Å²) in [7, 11) is 3.01. The van der Waals surface area contributed by atoms with Crippen LogP contribution in [0.2, 0.25) is 0 Å². The lowest BCUT2D eigenvalue weighted by atomic mass is 10.1. The molecule has 1 aromatic carbocycles. The molecule has 0 aliphatic rings. The molecule has 7 heteroatoms. The SMILES string of the molecule is COc1ccc(OC)c(C(=O)NCCNC(=O)c2ccco2)c1. The second-order valence-electron chi connectivity index (χ2n) is 4.56. The molecule has 2 amide bonds. The number of amides is 2. The number of furan rings is 1. The highest BCUT2D eigenvalue weighted by Crippen LogP contribution is 2.23. The summed E-state index contributed by atoms with van der Waals surface area (Å²) >= 11 is 0. The van der Waals surface area contributed by atoms with E-state index >= 15 is 0 Å². The maximum atomic E-state index is 12.2. The molecule has 0 fully saturated rings. The summed E-state index contributed by atoms with van der Waals surface area (Å²) in [4.78, 5) is 23.8. The fourth-order valence-corrected chi connectivity index (χ4v) is 1.93. The summed E-state index contributed by atoms with van der Waals surface area (Å²) < 4.78 is 15.2. The zero-order chi connectivity index (χ0) is 16.7. The van der Waals surface area contributed by atoms with E-state index in [1.54, 1.807) is 30.3 Å². The molecule has 1 heterocycles. The lowest BCUT2D eigenvalue weighted by Gasteiger charge is -2.11. The van der Waals surface area contributed by atoms with Crippen LogP contribution in [-0.4, -0.2) is 39.1 Å². The van der Waals surface area contributed by atoms with Crippen molar-refractivity contribution in [3.8, 4) is 11.5 Å². The summed E-state index contributed by atoms with van der Waals surface area (Å²) in [5.74, 6) is 0.590. The molecule has 23 heavy (non-hydrogen) atoms. The molecule has 2 aromatic rings. The van der Waals surface area contributed by atoms with Crippen LogP contribution in [0.25, 0.3) is 0 Å². The third-order valence-corrected chi connectivity index (χ3v) is 3.09. The van der Waals surface area contributed by atoms with E-state index in [2.05, 4.69) is 10.6 Å². The Bertz CT molecular complexity index is 667. The van der Waals surface area contributed by atoms with Gasteiger partial charge < -0.3 is 24.5 Å². The molecule has 1 aromatic heterocycles. The first-order valence-electron chi connectivity index (χ1n) is 6.97. The Morgan fingerprint density at radius 2 is 1.78 bits per heavy atom. The average Bonchev–Trinajstić information content (AvgIpc) is 3.12. The van der Waals surface area contributed by atoms with Gasteiger partial charge in [0.2, 0.25) is 0 Å². The van der Waals surface area contributed by atoms with Gasteiger partial charge in [0, 0.05) is 13.1 Å². The highest BCUT2D eigenvalue weighted by atomic mass is 16.5. The molecular weight excluding hydrogens is 300 g/mol. The maximum Gasteiger partial charge on any atom is 0.287 e. The molecular formula is C16H18N2O5. The largest absolute Gasteiger partial charge is 0.497 e. The minimum Gasteiger partial charge on any atom is -0.497 e. The van der Waals surface area contributed by atoms with Crippen LogP contribution >= 0.6 is 0 Å². The molecule has 7 nitrogen and oxygen atoms in total.